The molecule has 4 heteroatoms. The van der Waals surface area contributed by atoms with Gasteiger partial charge < -0.3 is 4.74 Å². The number of hydrogen-bond donors (Lipinski definition) is 0. The van der Waals surface area contributed by atoms with Crippen molar-refractivity contribution < 1.29 is 9.13 Å². The van der Waals surface area contributed by atoms with E-state index in [0.29, 0.717) is 5.69 Å². The molecule has 0 heterocycles. The molecule has 0 amide bonds. The lowest BCUT2D eigenvalue weighted by Gasteiger charge is -2.08. The third-order valence-electron chi connectivity index (χ3n) is 3.45. The summed E-state index contributed by atoms with van der Waals surface area (Å²) in [7, 11) is 0. The molecule has 0 saturated heterocycles. The van der Waals surface area contributed by atoms with Crippen LogP contribution in [0.2, 0.25) is 0 Å². The fourth-order valence-electron chi connectivity index (χ4n) is 2.16. The lowest BCUT2D eigenvalue weighted by atomic mass is 10.3. The first-order chi connectivity index (χ1) is 12.7. The van der Waals surface area contributed by atoms with Crippen LogP contribution in [0.1, 0.15) is 6.92 Å². The topological polar surface area (TPSA) is 21.6 Å². The Hall–Kier alpha value is -2.85. The quantitative estimate of drug-likeness (QED) is 0.220. The van der Waals surface area contributed by atoms with Crippen LogP contribution in [-0.4, -0.2) is 5.04 Å². The molecule has 3 rings (SSSR count). The standard InChI is InChI=1S/C22H18FNOS/c1-17(16-25-20-11-4-2-5-12-20)22(26-21-13-6-3-7-14-21)24-19-10-8-9-18(23)15-19/h2-16H,1H3. The molecular formula is C22H18FNOS. The second kappa shape index (κ2) is 9.02. The molecule has 130 valence electrons. The highest BCUT2D eigenvalue weighted by Gasteiger charge is 2.07. The second-order valence-corrected chi connectivity index (χ2v) is 6.61. The molecule has 0 aliphatic carbocycles. The maximum absolute atomic E-state index is 13.5. The number of thioether (sulfide) groups is 1. The molecule has 0 N–H and O–H groups in total. The van der Waals surface area contributed by atoms with E-state index >= 15 is 0 Å². The third-order valence-corrected chi connectivity index (χ3v) is 4.56. The lowest BCUT2D eigenvalue weighted by molar-refractivity contribution is 0.478. The van der Waals surface area contributed by atoms with Crippen LogP contribution in [0.15, 0.2) is 107 Å². The molecule has 0 fully saturated rings. The van der Waals surface area contributed by atoms with Crippen molar-refractivity contribution in [1.29, 1.82) is 0 Å². The summed E-state index contributed by atoms with van der Waals surface area (Å²) < 4.78 is 19.2. The van der Waals surface area contributed by atoms with Gasteiger partial charge in [-0.25, -0.2) is 9.38 Å². The Morgan fingerprint density at radius 2 is 1.62 bits per heavy atom. The first-order valence-electron chi connectivity index (χ1n) is 8.17. The molecular weight excluding hydrogens is 345 g/mol. The van der Waals surface area contributed by atoms with Crippen molar-refractivity contribution in [2.75, 3.05) is 0 Å². The van der Waals surface area contributed by atoms with E-state index in [-0.39, 0.29) is 5.82 Å². The summed E-state index contributed by atoms with van der Waals surface area (Å²) in [5.41, 5.74) is 1.42. The van der Waals surface area contributed by atoms with Gasteiger partial charge in [-0.1, -0.05) is 54.2 Å². The average Bonchev–Trinajstić information content (AvgIpc) is 2.67. The van der Waals surface area contributed by atoms with Crippen LogP contribution in [-0.2, 0) is 0 Å². The summed E-state index contributed by atoms with van der Waals surface area (Å²) in [4.78, 5) is 5.67. The van der Waals surface area contributed by atoms with Crippen molar-refractivity contribution >= 4 is 22.5 Å². The number of rotatable bonds is 5. The van der Waals surface area contributed by atoms with Crippen LogP contribution < -0.4 is 4.74 Å². The maximum Gasteiger partial charge on any atom is 0.126 e. The molecule has 2 nitrogen and oxygen atoms in total. The Labute approximate surface area is 157 Å². The Morgan fingerprint density at radius 3 is 2.31 bits per heavy atom. The number of aliphatic imine (C=N–C) groups is 1. The minimum absolute atomic E-state index is 0.308. The van der Waals surface area contributed by atoms with Crippen molar-refractivity contribution in [3.8, 4) is 5.75 Å². The largest absolute Gasteiger partial charge is 0.465 e. The van der Waals surface area contributed by atoms with Crippen molar-refractivity contribution in [1.82, 2.24) is 0 Å². The summed E-state index contributed by atoms with van der Waals surface area (Å²) >= 11 is 1.51. The molecule has 0 spiro atoms. The van der Waals surface area contributed by atoms with Gasteiger partial charge in [0.2, 0.25) is 0 Å². The first-order valence-corrected chi connectivity index (χ1v) is 8.98. The third kappa shape index (κ3) is 5.33. The molecule has 0 aromatic heterocycles. The highest BCUT2D eigenvalue weighted by Crippen LogP contribution is 2.27. The zero-order chi connectivity index (χ0) is 18.2. The Balaban J connectivity index is 1.88. The van der Waals surface area contributed by atoms with E-state index in [4.69, 9.17) is 4.74 Å². The van der Waals surface area contributed by atoms with Gasteiger partial charge in [-0.15, -0.1) is 0 Å². The fourth-order valence-corrected chi connectivity index (χ4v) is 3.04. The SMILES string of the molecule is CC(=COc1ccccc1)C(=Nc1cccc(F)c1)Sc1ccccc1. The highest BCUT2D eigenvalue weighted by atomic mass is 32.2. The summed E-state index contributed by atoms with van der Waals surface area (Å²) in [6.45, 7) is 1.93. The molecule has 26 heavy (non-hydrogen) atoms. The minimum Gasteiger partial charge on any atom is -0.465 e. The molecule has 3 aromatic rings. The Kier molecular flexibility index (Phi) is 6.23. The Morgan fingerprint density at radius 1 is 0.923 bits per heavy atom. The Bertz CT molecular complexity index is 908. The van der Waals surface area contributed by atoms with Gasteiger partial charge in [0, 0.05) is 10.5 Å². The summed E-state index contributed by atoms with van der Waals surface area (Å²) in [6.07, 6.45) is 1.67. The number of nitrogens with zero attached hydrogens (tertiary/aromatic N) is 1. The van der Waals surface area contributed by atoms with Gasteiger partial charge in [-0.3, -0.25) is 0 Å². The van der Waals surface area contributed by atoms with E-state index < -0.39 is 0 Å². The summed E-state index contributed by atoms with van der Waals surface area (Å²) in [6, 6.07) is 25.7. The van der Waals surface area contributed by atoms with E-state index in [0.717, 1.165) is 21.3 Å². The van der Waals surface area contributed by atoms with Gasteiger partial charge in [0.25, 0.3) is 0 Å². The first kappa shape index (κ1) is 18.0. The monoisotopic (exact) mass is 363 g/mol. The molecule has 0 unspecified atom stereocenters. The maximum atomic E-state index is 13.5. The zero-order valence-corrected chi connectivity index (χ0v) is 15.1. The van der Waals surface area contributed by atoms with Crippen LogP contribution in [0, 0.1) is 5.82 Å². The number of hydrogen-bond acceptors (Lipinski definition) is 3. The predicted molar refractivity (Wildman–Crippen MR) is 107 cm³/mol. The number of para-hydroxylation sites is 1. The predicted octanol–water partition coefficient (Wildman–Crippen LogP) is 6.63. The van der Waals surface area contributed by atoms with Crippen LogP contribution in [0.3, 0.4) is 0 Å². The van der Waals surface area contributed by atoms with Crippen molar-refractivity contribution in [2.24, 2.45) is 4.99 Å². The van der Waals surface area contributed by atoms with Gasteiger partial charge >= 0.3 is 0 Å². The summed E-state index contributed by atoms with van der Waals surface area (Å²) in [5.74, 6) is 0.444. The molecule has 0 bridgehead atoms. The molecule has 0 aliphatic rings. The lowest BCUT2D eigenvalue weighted by Crippen LogP contribution is -1.97. The molecule has 0 saturated carbocycles. The van der Waals surface area contributed by atoms with Crippen molar-refractivity contribution in [2.45, 2.75) is 11.8 Å². The van der Waals surface area contributed by atoms with E-state index in [1.807, 2.05) is 67.6 Å². The minimum atomic E-state index is -0.308. The van der Waals surface area contributed by atoms with E-state index in [1.165, 1.54) is 23.9 Å². The van der Waals surface area contributed by atoms with Crippen LogP contribution in [0.4, 0.5) is 10.1 Å². The van der Waals surface area contributed by atoms with Gasteiger partial charge in [-0.2, -0.15) is 0 Å². The number of ether oxygens (including phenoxy) is 1. The highest BCUT2D eigenvalue weighted by molar-refractivity contribution is 8.14. The molecule has 3 aromatic carbocycles. The smallest absolute Gasteiger partial charge is 0.126 e. The van der Waals surface area contributed by atoms with Crippen LogP contribution in [0.5, 0.6) is 5.75 Å². The van der Waals surface area contributed by atoms with E-state index in [9.17, 15) is 4.39 Å². The van der Waals surface area contributed by atoms with Crippen LogP contribution >= 0.6 is 11.8 Å². The molecule has 0 aliphatic heterocycles. The zero-order valence-electron chi connectivity index (χ0n) is 14.3. The van der Waals surface area contributed by atoms with Gasteiger partial charge in [-0.05, 0) is 49.4 Å². The van der Waals surface area contributed by atoms with Crippen molar-refractivity contribution in [3.05, 3.63) is 103 Å². The van der Waals surface area contributed by atoms with Gasteiger partial charge in [0.05, 0.1) is 11.9 Å². The number of benzene rings is 3. The van der Waals surface area contributed by atoms with E-state index in [2.05, 4.69) is 4.99 Å². The van der Waals surface area contributed by atoms with Gasteiger partial charge in [0.15, 0.2) is 0 Å². The van der Waals surface area contributed by atoms with Gasteiger partial charge in [0.1, 0.15) is 16.6 Å². The summed E-state index contributed by atoms with van der Waals surface area (Å²) in [5, 5.41) is 0.748. The second-order valence-electron chi connectivity index (χ2n) is 5.54. The fraction of sp³-hybridized carbons (Fsp3) is 0.0455. The van der Waals surface area contributed by atoms with Crippen LogP contribution in [0.25, 0.3) is 0 Å². The van der Waals surface area contributed by atoms with Crippen molar-refractivity contribution in [3.63, 3.8) is 0 Å². The number of halogens is 1. The molecule has 0 atom stereocenters. The normalized spacial score (nSPS) is 12.1. The molecule has 0 radical (unpaired) electrons. The van der Waals surface area contributed by atoms with E-state index in [1.54, 1.807) is 18.4 Å². The average molecular weight is 363 g/mol.